The normalized spacial score (nSPS) is 12.6. The van der Waals surface area contributed by atoms with Gasteiger partial charge in [-0.1, -0.05) is 36.2 Å². The van der Waals surface area contributed by atoms with Gasteiger partial charge in [0, 0.05) is 22.4 Å². The summed E-state index contributed by atoms with van der Waals surface area (Å²) in [4.78, 5) is 1.30. The molecule has 2 rings (SSSR count). The lowest BCUT2D eigenvalue weighted by Crippen LogP contribution is -2.24. The van der Waals surface area contributed by atoms with E-state index in [2.05, 4.69) is 31.3 Å². The fourth-order valence-corrected chi connectivity index (χ4v) is 3.66. The predicted octanol–water partition coefficient (Wildman–Crippen LogP) is 5.65. The van der Waals surface area contributed by atoms with E-state index in [-0.39, 0.29) is 0 Å². The number of rotatable bonds is 6. The summed E-state index contributed by atoms with van der Waals surface area (Å²) in [5.74, 6) is 0. The molecule has 0 amide bonds. The molecule has 0 aliphatic rings. The van der Waals surface area contributed by atoms with E-state index in [0.29, 0.717) is 6.04 Å². The summed E-state index contributed by atoms with van der Waals surface area (Å²) in [5.41, 5.74) is 2.54. The Kier molecular flexibility index (Phi) is 5.91. The maximum absolute atomic E-state index is 6.05. The molecule has 1 nitrogen and oxygen atoms in total. The number of hydrogen-bond donors (Lipinski definition) is 1. The molecule has 1 aromatic carbocycles. The van der Waals surface area contributed by atoms with Crippen molar-refractivity contribution in [3.05, 3.63) is 55.7 Å². The molecule has 0 aliphatic carbocycles. The van der Waals surface area contributed by atoms with Crippen LogP contribution in [0.25, 0.3) is 0 Å². The van der Waals surface area contributed by atoms with Gasteiger partial charge in [0.15, 0.2) is 0 Å². The van der Waals surface area contributed by atoms with Gasteiger partial charge >= 0.3 is 0 Å². The maximum Gasteiger partial charge on any atom is 0.0931 e. The molecule has 1 N–H and O–H groups in total. The lowest BCUT2D eigenvalue weighted by Gasteiger charge is -2.20. The van der Waals surface area contributed by atoms with Crippen molar-refractivity contribution in [3.63, 3.8) is 0 Å². The average Bonchev–Trinajstić information content (AvgIpc) is 2.80. The summed E-state index contributed by atoms with van der Waals surface area (Å²) in [6, 6.07) is 10.5. The highest BCUT2D eigenvalue weighted by Crippen LogP contribution is 2.29. The van der Waals surface area contributed by atoms with Crippen LogP contribution in [0, 0.1) is 6.92 Å². The second-order valence-corrected chi connectivity index (χ2v) is 7.15. The zero-order valence-electron chi connectivity index (χ0n) is 11.7. The van der Waals surface area contributed by atoms with Crippen molar-refractivity contribution in [1.29, 1.82) is 0 Å². The molecule has 108 valence electrons. The van der Waals surface area contributed by atoms with Crippen LogP contribution in [-0.2, 0) is 6.42 Å². The molecule has 1 heterocycles. The van der Waals surface area contributed by atoms with E-state index in [4.69, 9.17) is 23.2 Å². The molecule has 0 fully saturated rings. The Labute approximate surface area is 134 Å². The van der Waals surface area contributed by atoms with Crippen molar-refractivity contribution in [1.82, 2.24) is 5.32 Å². The minimum absolute atomic E-state index is 0.307. The summed E-state index contributed by atoms with van der Waals surface area (Å²) in [6.45, 7) is 5.30. The monoisotopic (exact) mass is 327 g/mol. The first-order valence-electron chi connectivity index (χ1n) is 6.83. The number of hydrogen-bond acceptors (Lipinski definition) is 2. The first kappa shape index (κ1) is 15.8. The van der Waals surface area contributed by atoms with Gasteiger partial charge in [-0.3, -0.25) is 0 Å². The highest BCUT2D eigenvalue weighted by Gasteiger charge is 2.15. The number of thiophene rings is 1. The van der Waals surface area contributed by atoms with Crippen LogP contribution in [0.3, 0.4) is 0 Å². The Morgan fingerprint density at radius 3 is 2.60 bits per heavy atom. The molecule has 1 atom stereocenters. The highest BCUT2D eigenvalue weighted by molar-refractivity contribution is 7.16. The van der Waals surface area contributed by atoms with Crippen molar-refractivity contribution < 1.29 is 0 Å². The Morgan fingerprint density at radius 2 is 2.00 bits per heavy atom. The van der Waals surface area contributed by atoms with Crippen LogP contribution < -0.4 is 5.32 Å². The smallest absolute Gasteiger partial charge is 0.0931 e. The van der Waals surface area contributed by atoms with Gasteiger partial charge in [0.1, 0.15) is 0 Å². The van der Waals surface area contributed by atoms with Crippen LogP contribution in [0.2, 0.25) is 9.36 Å². The van der Waals surface area contributed by atoms with Gasteiger partial charge in [-0.05, 0) is 55.3 Å². The standard InChI is InChI=1S/C16H19Cl2NS/c1-3-8-19-15(10-13-5-7-16(18)20-13)14-6-4-12(17)9-11(14)2/h4-7,9,15,19H,3,8,10H2,1-2H3. The van der Waals surface area contributed by atoms with Crippen molar-refractivity contribution in [3.8, 4) is 0 Å². The second kappa shape index (κ2) is 7.46. The molecule has 0 saturated heterocycles. The van der Waals surface area contributed by atoms with E-state index in [0.717, 1.165) is 28.7 Å². The van der Waals surface area contributed by atoms with Gasteiger partial charge in [0.25, 0.3) is 0 Å². The van der Waals surface area contributed by atoms with Crippen LogP contribution in [0.5, 0.6) is 0 Å². The number of benzene rings is 1. The minimum Gasteiger partial charge on any atom is -0.310 e. The third-order valence-electron chi connectivity index (χ3n) is 3.28. The van der Waals surface area contributed by atoms with Crippen LogP contribution >= 0.6 is 34.5 Å². The van der Waals surface area contributed by atoms with Gasteiger partial charge < -0.3 is 5.32 Å². The van der Waals surface area contributed by atoms with Gasteiger partial charge in [0.2, 0.25) is 0 Å². The molecule has 20 heavy (non-hydrogen) atoms. The van der Waals surface area contributed by atoms with Gasteiger partial charge in [-0.15, -0.1) is 11.3 Å². The molecule has 0 saturated carbocycles. The number of nitrogens with one attached hydrogen (secondary N) is 1. The van der Waals surface area contributed by atoms with Crippen molar-refractivity contribution in [2.24, 2.45) is 0 Å². The van der Waals surface area contributed by atoms with E-state index in [1.165, 1.54) is 16.0 Å². The molecule has 0 radical (unpaired) electrons. The van der Waals surface area contributed by atoms with Crippen molar-refractivity contribution in [2.75, 3.05) is 6.54 Å². The maximum atomic E-state index is 6.05. The summed E-state index contributed by atoms with van der Waals surface area (Å²) in [7, 11) is 0. The van der Waals surface area contributed by atoms with E-state index in [9.17, 15) is 0 Å². The van der Waals surface area contributed by atoms with Gasteiger partial charge in [-0.2, -0.15) is 0 Å². The molecule has 4 heteroatoms. The zero-order valence-corrected chi connectivity index (χ0v) is 14.1. The fraction of sp³-hybridized carbons (Fsp3) is 0.375. The van der Waals surface area contributed by atoms with E-state index in [1.807, 2.05) is 18.2 Å². The lowest BCUT2D eigenvalue weighted by atomic mass is 9.98. The van der Waals surface area contributed by atoms with Gasteiger partial charge in [0.05, 0.1) is 4.34 Å². The lowest BCUT2D eigenvalue weighted by molar-refractivity contribution is 0.530. The van der Waals surface area contributed by atoms with Crippen molar-refractivity contribution >= 4 is 34.5 Å². The molecule has 1 unspecified atom stereocenters. The summed E-state index contributed by atoms with van der Waals surface area (Å²) in [6.07, 6.45) is 2.08. The Bertz CT molecular complexity index is 565. The van der Waals surface area contributed by atoms with Crippen LogP contribution in [-0.4, -0.2) is 6.54 Å². The van der Waals surface area contributed by atoms with E-state index >= 15 is 0 Å². The predicted molar refractivity (Wildman–Crippen MR) is 90.3 cm³/mol. The van der Waals surface area contributed by atoms with Crippen molar-refractivity contribution in [2.45, 2.75) is 32.7 Å². The van der Waals surface area contributed by atoms with E-state index in [1.54, 1.807) is 11.3 Å². The minimum atomic E-state index is 0.307. The summed E-state index contributed by atoms with van der Waals surface area (Å²) < 4.78 is 0.849. The Balaban J connectivity index is 2.22. The second-order valence-electron chi connectivity index (χ2n) is 4.92. The molecular formula is C16H19Cl2NS. The third-order valence-corrected chi connectivity index (χ3v) is 4.77. The summed E-state index contributed by atoms with van der Waals surface area (Å²) >= 11 is 13.7. The SMILES string of the molecule is CCCNC(Cc1ccc(Cl)s1)c1ccc(Cl)cc1C. The van der Waals surface area contributed by atoms with Gasteiger partial charge in [-0.25, -0.2) is 0 Å². The van der Waals surface area contributed by atoms with Crippen LogP contribution in [0.1, 0.15) is 35.4 Å². The fourth-order valence-electron chi connectivity index (χ4n) is 2.30. The molecule has 0 aliphatic heterocycles. The average molecular weight is 328 g/mol. The number of halogens is 2. The molecule has 2 aromatic rings. The quantitative estimate of drug-likeness (QED) is 0.723. The molecule has 0 spiro atoms. The first-order valence-corrected chi connectivity index (χ1v) is 8.41. The van der Waals surface area contributed by atoms with Crippen LogP contribution in [0.15, 0.2) is 30.3 Å². The number of aryl methyl sites for hydroxylation is 1. The topological polar surface area (TPSA) is 12.0 Å². The highest BCUT2D eigenvalue weighted by atomic mass is 35.5. The zero-order chi connectivity index (χ0) is 14.5. The molecular weight excluding hydrogens is 309 g/mol. The summed E-state index contributed by atoms with van der Waals surface area (Å²) in [5, 5.41) is 4.42. The largest absolute Gasteiger partial charge is 0.310 e. The Morgan fingerprint density at radius 1 is 1.20 bits per heavy atom. The molecule has 1 aromatic heterocycles. The van der Waals surface area contributed by atoms with E-state index < -0.39 is 0 Å². The third kappa shape index (κ3) is 4.23. The molecule has 0 bridgehead atoms. The van der Waals surface area contributed by atoms with Crippen LogP contribution in [0.4, 0.5) is 0 Å². The first-order chi connectivity index (χ1) is 9.60. The Hall–Kier alpha value is -0.540.